The van der Waals surface area contributed by atoms with Crippen LogP contribution in [0.5, 0.6) is 5.75 Å². The monoisotopic (exact) mass is 269 g/mol. The molecule has 1 N–H and O–H groups in total. The van der Waals surface area contributed by atoms with Crippen molar-refractivity contribution in [1.29, 1.82) is 0 Å². The van der Waals surface area contributed by atoms with Gasteiger partial charge in [-0.1, -0.05) is 16.9 Å². The van der Waals surface area contributed by atoms with E-state index in [9.17, 15) is 5.11 Å². The van der Waals surface area contributed by atoms with Gasteiger partial charge in [0.25, 0.3) is 0 Å². The Balaban J connectivity index is 2.33. The maximum Gasteiger partial charge on any atom is 0.119 e. The number of aryl methyl sites for hydroxylation is 1. The highest BCUT2D eigenvalue weighted by molar-refractivity contribution is 8.69. The van der Waals surface area contributed by atoms with Crippen molar-refractivity contribution in [3.05, 3.63) is 28.8 Å². The number of benzene rings is 1. The molecule has 1 heterocycles. The number of hydrogen-bond donors (Lipinski definition) is 2. The van der Waals surface area contributed by atoms with E-state index in [2.05, 4.69) is 37.3 Å². The fourth-order valence-corrected chi connectivity index (χ4v) is 2.95. The van der Waals surface area contributed by atoms with Crippen LogP contribution in [0.1, 0.15) is 30.5 Å². The van der Waals surface area contributed by atoms with Gasteiger partial charge < -0.3 is 5.11 Å². The maximum atomic E-state index is 9.89. The number of thiol groups is 1. The minimum Gasteiger partial charge on any atom is -0.508 e. The molecule has 1 aliphatic rings. The summed E-state index contributed by atoms with van der Waals surface area (Å²) in [6.45, 7) is 8.37. The van der Waals surface area contributed by atoms with Gasteiger partial charge in [0.1, 0.15) is 5.75 Å². The standard InChI is InChI=1S/C13H19NOS2/c1-9-4-5-12(15)10-6-7-14(8-11(9)10)13(2,3)17-16/h4-5,15-16H,6-8H2,1-3H3. The molecule has 1 aromatic carbocycles. The van der Waals surface area contributed by atoms with Crippen molar-refractivity contribution in [3.63, 3.8) is 0 Å². The molecule has 0 aromatic heterocycles. The summed E-state index contributed by atoms with van der Waals surface area (Å²) in [6, 6.07) is 3.81. The molecule has 0 spiro atoms. The summed E-state index contributed by atoms with van der Waals surface area (Å²) < 4.78 is 0. The molecule has 0 radical (unpaired) electrons. The predicted octanol–water partition coefficient (Wildman–Crippen LogP) is 3.37. The molecule has 17 heavy (non-hydrogen) atoms. The van der Waals surface area contributed by atoms with Crippen LogP contribution in [0.4, 0.5) is 0 Å². The van der Waals surface area contributed by atoms with E-state index in [1.54, 1.807) is 10.8 Å². The van der Waals surface area contributed by atoms with Gasteiger partial charge >= 0.3 is 0 Å². The van der Waals surface area contributed by atoms with Gasteiger partial charge in [-0.3, -0.25) is 4.90 Å². The summed E-state index contributed by atoms with van der Waals surface area (Å²) in [5.41, 5.74) is 3.68. The highest BCUT2D eigenvalue weighted by atomic mass is 33.1. The summed E-state index contributed by atoms with van der Waals surface area (Å²) >= 11 is 4.35. The van der Waals surface area contributed by atoms with Crippen molar-refractivity contribution in [2.24, 2.45) is 0 Å². The Labute approximate surface area is 112 Å². The quantitative estimate of drug-likeness (QED) is 0.635. The molecule has 1 aromatic rings. The van der Waals surface area contributed by atoms with Crippen LogP contribution in [0, 0.1) is 6.92 Å². The van der Waals surface area contributed by atoms with E-state index < -0.39 is 0 Å². The van der Waals surface area contributed by atoms with Crippen LogP contribution in [-0.4, -0.2) is 21.4 Å². The van der Waals surface area contributed by atoms with Crippen molar-refractivity contribution in [2.45, 2.75) is 38.6 Å². The first-order valence-corrected chi connectivity index (χ1v) is 7.70. The van der Waals surface area contributed by atoms with E-state index in [0.29, 0.717) is 5.75 Å². The van der Waals surface area contributed by atoms with Crippen molar-refractivity contribution < 1.29 is 5.11 Å². The summed E-state index contributed by atoms with van der Waals surface area (Å²) in [6.07, 6.45) is 0.917. The van der Waals surface area contributed by atoms with Crippen LogP contribution in [0.15, 0.2) is 12.1 Å². The zero-order valence-corrected chi connectivity index (χ0v) is 12.2. The number of phenolic OH excluding ortho intramolecular Hbond substituents is 1. The molecule has 0 saturated heterocycles. The molecule has 4 heteroatoms. The van der Waals surface area contributed by atoms with E-state index in [1.165, 1.54) is 11.1 Å². The first-order valence-electron chi connectivity index (χ1n) is 5.83. The first kappa shape index (κ1) is 13.1. The summed E-state index contributed by atoms with van der Waals surface area (Å²) in [7, 11) is 1.58. The van der Waals surface area contributed by atoms with Crippen LogP contribution < -0.4 is 0 Å². The lowest BCUT2D eigenvalue weighted by Crippen LogP contribution is -2.43. The summed E-state index contributed by atoms with van der Waals surface area (Å²) in [5.74, 6) is 0.446. The maximum absolute atomic E-state index is 9.89. The van der Waals surface area contributed by atoms with E-state index >= 15 is 0 Å². The van der Waals surface area contributed by atoms with E-state index in [4.69, 9.17) is 0 Å². The average molecular weight is 269 g/mol. The van der Waals surface area contributed by atoms with Gasteiger partial charge in [0.2, 0.25) is 0 Å². The van der Waals surface area contributed by atoms with Crippen molar-refractivity contribution in [3.8, 4) is 5.75 Å². The Bertz CT molecular complexity index is 432. The third kappa shape index (κ3) is 2.44. The Morgan fingerprint density at radius 1 is 1.35 bits per heavy atom. The second-order valence-corrected chi connectivity index (χ2v) is 6.80. The number of phenols is 1. The number of nitrogens with zero attached hydrogens (tertiary/aromatic N) is 1. The zero-order chi connectivity index (χ0) is 12.6. The lowest BCUT2D eigenvalue weighted by Gasteiger charge is -2.40. The molecule has 2 rings (SSSR count). The predicted molar refractivity (Wildman–Crippen MR) is 77.6 cm³/mol. The van der Waals surface area contributed by atoms with Crippen molar-refractivity contribution in [1.82, 2.24) is 4.90 Å². The molecular weight excluding hydrogens is 250 g/mol. The lowest BCUT2D eigenvalue weighted by atomic mass is 9.94. The van der Waals surface area contributed by atoms with Gasteiger partial charge in [0, 0.05) is 13.1 Å². The normalized spacial score (nSPS) is 16.9. The van der Waals surface area contributed by atoms with Crippen LogP contribution >= 0.6 is 22.5 Å². The Morgan fingerprint density at radius 3 is 2.71 bits per heavy atom. The number of rotatable bonds is 2. The van der Waals surface area contributed by atoms with Gasteiger partial charge in [0.15, 0.2) is 0 Å². The molecule has 0 atom stereocenters. The Hall–Kier alpha value is -0.320. The third-order valence-electron chi connectivity index (χ3n) is 3.61. The van der Waals surface area contributed by atoms with E-state index in [0.717, 1.165) is 25.1 Å². The minimum absolute atomic E-state index is 0.0265. The van der Waals surface area contributed by atoms with Gasteiger partial charge in [-0.05, 0) is 49.9 Å². The molecule has 0 amide bonds. The molecular formula is C13H19NOS2. The van der Waals surface area contributed by atoms with E-state index in [-0.39, 0.29) is 4.87 Å². The van der Waals surface area contributed by atoms with Gasteiger partial charge in [-0.2, -0.15) is 0 Å². The number of fused-ring (bicyclic) bond motifs is 1. The fraction of sp³-hybridized carbons (Fsp3) is 0.538. The second kappa shape index (κ2) is 4.75. The van der Waals surface area contributed by atoms with Crippen molar-refractivity contribution in [2.75, 3.05) is 6.54 Å². The molecule has 0 saturated carbocycles. The van der Waals surface area contributed by atoms with E-state index in [1.807, 2.05) is 12.1 Å². The number of aromatic hydroxyl groups is 1. The highest BCUT2D eigenvalue weighted by Crippen LogP contribution is 2.37. The van der Waals surface area contributed by atoms with Gasteiger partial charge in [0.05, 0.1) is 4.87 Å². The molecule has 0 fully saturated rings. The SMILES string of the molecule is Cc1ccc(O)c2c1CN(C(C)(C)SS)CC2. The highest BCUT2D eigenvalue weighted by Gasteiger charge is 2.30. The molecule has 2 nitrogen and oxygen atoms in total. The first-order chi connectivity index (χ1) is 7.95. The third-order valence-corrected chi connectivity index (χ3v) is 5.65. The zero-order valence-electron chi connectivity index (χ0n) is 10.5. The topological polar surface area (TPSA) is 23.5 Å². The average Bonchev–Trinajstić information content (AvgIpc) is 2.33. The summed E-state index contributed by atoms with van der Waals surface area (Å²) in [4.78, 5) is 2.44. The van der Waals surface area contributed by atoms with Crippen LogP contribution in [-0.2, 0) is 13.0 Å². The Morgan fingerprint density at radius 2 is 2.06 bits per heavy atom. The number of hydrogen-bond acceptors (Lipinski definition) is 4. The molecule has 0 bridgehead atoms. The van der Waals surface area contributed by atoms with Crippen molar-refractivity contribution >= 4 is 22.5 Å². The summed E-state index contributed by atoms with van der Waals surface area (Å²) in [5, 5.41) is 9.89. The second-order valence-electron chi connectivity index (χ2n) is 5.07. The largest absolute Gasteiger partial charge is 0.508 e. The smallest absolute Gasteiger partial charge is 0.119 e. The molecule has 94 valence electrons. The van der Waals surface area contributed by atoms with Gasteiger partial charge in [-0.25, -0.2) is 0 Å². The van der Waals surface area contributed by atoms with Crippen LogP contribution in [0.2, 0.25) is 0 Å². The van der Waals surface area contributed by atoms with Crippen LogP contribution in [0.3, 0.4) is 0 Å². The fourth-order valence-electron chi connectivity index (χ4n) is 2.33. The lowest BCUT2D eigenvalue weighted by molar-refractivity contribution is 0.177. The molecule has 1 aliphatic heterocycles. The van der Waals surface area contributed by atoms with Crippen LogP contribution in [0.25, 0.3) is 0 Å². The Kier molecular flexibility index (Phi) is 3.66. The minimum atomic E-state index is 0.0265. The van der Waals surface area contributed by atoms with Gasteiger partial charge in [-0.15, -0.1) is 11.7 Å². The molecule has 0 unspecified atom stereocenters. The molecule has 0 aliphatic carbocycles.